The number of nitrogens with zero attached hydrogens (tertiary/aromatic N) is 1. The van der Waals surface area contributed by atoms with Crippen molar-refractivity contribution in [3.05, 3.63) is 65.5 Å². The molecule has 2 aromatic carbocycles. The highest BCUT2D eigenvalue weighted by molar-refractivity contribution is 7.89. The SMILES string of the molecule is N#CCCNC(=O)C(Cc1csc2ccccc12)NS(=O)(=O)c1ccccc1. The van der Waals surface area contributed by atoms with Crippen LogP contribution in [0.4, 0.5) is 0 Å². The zero-order valence-corrected chi connectivity index (χ0v) is 16.6. The van der Waals surface area contributed by atoms with Crippen molar-refractivity contribution in [1.82, 2.24) is 10.0 Å². The molecule has 1 aromatic heterocycles. The second-order valence-electron chi connectivity index (χ2n) is 6.15. The molecule has 6 nitrogen and oxygen atoms in total. The molecule has 2 N–H and O–H groups in total. The van der Waals surface area contributed by atoms with Gasteiger partial charge in [0.1, 0.15) is 6.04 Å². The van der Waals surface area contributed by atoms with Gasteiger partial charge in [-0.3, -0.25) is 4.79 Å². The van der Waals surface area contributed by atoms with E-state index in [1.807, 2.05) is 35.7 Å². The highest BCUT2D eigenvalue weighted by atomic mass is 32.2. The van der Waals surface area contributed by atoms with Crippen molar-refractivity contribution in [1.29, 1.82) is 5.26 Å². The molecule has 0 aliphatic carbocycles. The lowest BCUT2D eigenvalue weighted by Gasteiger charge is -2.18. The third-order valence-electron chi connectivity index (χ3n) is 4.19. The van der Waals surface area contributed by atoms with Crippen LogP contribution in [-0.2, 0) is 21.2 Å². The Morgan fingerprint density at radius 2 is 1.82 bits per heavy atom. The molecule has 0 aliphatic heterocycles. The summed E-state index contributed by atoms with van der Waals surface area (Å²) in [5.41, 5.74) is 0.900. The topological polar surface area (TPSA) is 99.1 Å². The highest BCUT2D eigenvalue weighted by Crippen LogP contribution is 2.27. The molecule has 3 aromatic rings. The van der Waals surface area contributed by atoms with Crippen molar-refractivity contribution in [2.24, 2.45) is 0 Å². The second kappa shape index (κ2) is 8.97. The largest absolute Gasteiger partial charge is 0.354 e. The molecule has 0 aliphatic rings. The fourth-order valence-corrected chi connectivity index (χ4v) is 5.01. The maximum absolute atomic E-state index is 12.7. The fraction of sp³-hybridized carbons (Fsp3) is 0.200. The molecule has 3 rings (SSSR count). The minimum absolute atomic E-state index is 0.0972. The first-order chi connectivity index (χ1) is 13.5. The fourth-order valence-electron chi connectivity index (χ4n) is 2.82. The van der Waals surface area contributed by atoms with Gasteiger partial charge < -0.3 is 5.32 Å². The number of rotatable bonds is 8. The highest BCUT2D eigenvalue weighted by Gasteiger charge is 2.26. The lowest BCUT2D eigenvalue weighted by Crippen LogP contribution is -2.48. The summed E-state index contributed by atoms with van der Waals surface area (Å²) in [6.45, 7) is 0.170. The summed E-state index contributed by atoms with van der Waals surface area (Å²) in [4.78, 5) is 12.7. The number of hydrogen-bond donors (Lipinski definition) is 2. The summed E-state index contributed by atoms with van der Waals surface area (Å²) in [6, 6.07) is 16.7. The standard InChI is InChI=1S/C20H19N3O3S2/c21-11-6-12-22-20(24)18(23-28(25,26)16-7-2-1-3-8-16)13-15-14-27-19-10-5-4-9-17(15)19/h1-5,7-10,14,18,23H,6,12-13H2,(H,22,24). The summed E-state index contributed by atoms with van der Waals surface area (Å²) in [5.74, 6) is -0.454. The van der Waals surface area contributed by atoms with Gasteiger partial charge in [-0.05, 0) is 40.9 Å². The Morgan fingerprint density at radius 3 is 2.57 bits per heavy atom. The molecule has 0 radical (unpaired) electrons. The van der Waals surface area contributed by atoms with Crippen LogP contribution < -0.4 is 10.0 Å². The van der Waals surface area contributed by atoms with Gasteiger partial charge in [-0.25, -0.2) is 8.42 Å². The van der Waals surface area contributed by atoms with Crippen molar-refractivity contribution < 1.29 is 13.2 Å². The number of carbonyl (C=O) groups is 1. The predicted molar refractivity (Wildman–Crippen MR) is 109 cm³/mol. The third-order valence-corrected chi connectivity index (χ3v) is 6.69. The number of nitriles is 1. The first kappa shape index (κ1) is 20.0. The number of sulfonamides is 1. The minimum Gasteiger partial charge on any atom is -0.354 e. The molecule has 1 unspecified atom stereocenters. The van der Waals surface area contributed by atoms with Crippen LogP contribution in [-0.4, -0.2) is 26.9 Å². The molecule has 144 valence electrons. The van der Waals surface area contributed by atoms with Crippen LogP contribution in [0.2, 0.25) is 0 Å². The van der Waals surface area contributed by atoms with E-state index in [4.69, 9.17) is 5.26 Å². The van der Waals surface area contributed by atoms with Crippen molar-refractivity contribution in [2.75, 3.05) is 6.54 Å². The number of carbonyl (C=O) groups excluding carboxylic acids is 1. The molecule has 8 heteroatoms. The minimum atomic E-state index is -3.86. The first-order valence-corrected chi connectivity index (χ1v) is 11.0. The predicted octanol–water partition coefficient (Wildman–Crippen LogP) is 2.82. The van der Waals surface area contributed by atoms with Crippen molar-refractivity contribution >= 4 is 37.4 Å². The average molecular weight is 414 g/mol. The quantitative estimate of drug-likeness (QED) is 0.555. The lowest BCUT2D eigenvalue weighted by atomic mass is 10.1. The van der Waals surface area contributed by atoms with E-state index in [2.05, 4.69) is 10.0 Å². The molecule has 1 atom stereocenters. The monoisotopic (exact) mass is 413 g/mol. The van der Waals surface area contributed by atoms with Crippen LogP contribution >= 0.6 is 11.3 Å². The number of nitrogens with one attached hydrogen (secondary N) is 2. The number of fused-ring (bicyclic) bond motifs is 1. The summed E-state index contributed by atoms with van der Waals surface area (Å²) in [6.07, 6.45) is 0.375. The van der Waals surface area contributed by atoms with Crippen molar-refractivity contribution in [2.45, 2.75) is 23.8 Å². The van der Waals surface area contributed by atoms with Crippen LogP contribution in [0.15, 0.2) is 64.9 Å². The van der Waals surface area contributed by atoms with E-state index in [1.54, 1.807) is 29.5 Å². The van der Waals surface area contributed by atoms with Gasteiger partial charge in [0.15, 0.2) is 0 Å². The molecule has 28 heavy (non-hydrogen) atoms. The molecule has 0 bridgehead atoms. The van der Waals surface area contributed by atoms with E-state index in [0.717, 1.165) is 15.6 Å². The maximum atomic E-state index is 12.7. The zero-order chi connectivity index (χ0) is 20.0. The van der Waals surface area contributed by atoms with Gasteiger partial charge in [0.05, 0.1) is 17.4 Å². The Hall–Kier alpha value is -2.73. The Bertz CT molecular complexity index is 1100. The van der Waals surface area contributed by atoms with Crippen molar-refractivity contribution in [3.63, 3.8) is 0 Å². The van der Waals surface area contributed by atoms with Gasteiger partial charge in [-0.2, -0.15) is 9.98 Å². The smallest absolute Gasteiger partial charge is 0.241 e. The molecule has 0 saturated carbocycles. The summed E-state index contributed by atoms with van der Waals surface area (Å²) < 4.78 is 29.1. The van der Waals surface area contributed by atoms with Gasteiger partial charge in [0.2, 0.25) is 15.9 Å². The third kappa shape index (κ3) is 4.75. The van der Waals surface area contributed by atoms with Crippen LogP contribution in [0.1, 0.15) is 12.0 Å². The van der Waals surface area contributed by atoms with Gasteiger partial charge in [0.25, 0.3) is 0 Å². The molecular weight excluding hydrogens is 394 g/mol. The molecular formula is C20H19N3O3S2. The van der Waals surface area contributed by atoms with Gasteiger partial charge >= 0.3 is 0 Å². The Balaban J connectivity index is 1.87. The molecule has 0 saturated heterocycles. The molecule has 1 heterocycles. The molecule has 1 amide bonds. The number of benzene rings is 2. The Labute approximate surface area is 167 Å². The van der Waals surface area contributed by atoms with E-state index in [-0.39, 0.29) is 24.3 Å². The summed E-state index contributed by atoms with van der Waals surface area (Å²) >= 11 is 1.55. The Kier molecular flexibility index (Phi) is 6.41. The van der Waals surface area contributed by atoms with E-state index in [1.165, 1.54) is 12.1 Å². The lowest BCUT2D eigenvalue weighted by molar-refractivity contribution is -0.122. The Morgan fingerprint density at radius 1 is 1.11 bits per heavy atom. The molecule has 0 spiro atoms. The van der Waals surface area contributed by atoms with E-state index < -0.39 is 22.0 Å². The van der Waals surface area contributed by atoms with Crippen LogP contribution in [0.5, 0.6) is 0 Å². The van der Waals surface area contributed by atoms with Crippen LogP contribution in [0.25, 0.3) is 10.1 Å². The van der Waals surface area contributed by atoms with Crippen LogP contribution in [0.3, 0.4) is 0 Å². The first-order valence-electron chi connectivity index (χ1n) is 8.68. The number of thiophene rings is 1. The maximum Gasteiger partial charge on any atom is 0.241 e. The number of amides is 1. The second-order valence-corrected chi connectivity index (χ2v) is 8.77. The zero-order valence-electron chi connectivity index (χ0n) is 15.0. The van der Waals surface area contributed by atoms with Crippen LogP contribution in [0, 0.1) is 11.3 Å². The normalized spacial score (nSPS) is 12.4. The van der Waals surface area contributed by atoms with E-state index >= 15 is 0 Å². The van der Waals surface area contributed by atoms with E-state index in [0.29, 0.717) is 0 Å². The van der Waals surface area contributed by atoms with Crippen molar-refractivity contribution in [3.8, 4) is 6.07 Å². The van der Waals surface area contributed by atoms with Gasteiger partial charge in [-0.1, -0.05) is 36.4 Å². The number of hydrogen-bond acceptors (Lipinski definition) is 5. The molecule has 0 fully saturated rings. The summed E-state index contributed by atoms with van der Waals surface area (Å²) in [5, 5.41) is 14.2. The average Bonchev–Trinajstić information content (AvgIpc) is 3.11. The summed E-state index contributed by atoms with van der Waals surface area (Å²) in [7, 11) is -3.86. The van der Waals surface area contributed by atoms with E-state index in [9.17, 15) is 13.2 Å². The van der Waals surface area contributed by atoms with Gasteiger partial charge in [0, 0.05) is 11.2 Å². The van der Waals surface area contributed by atoms with Gasteiger partial charge in [-0.15, -0.1) is 11.3 Å².